The van der Waals surface area contributed by atoms with Crippen molar-refractivity contribution in [3.63, 3.8) is 0 Å². The van der Waals surface area contributed by atoms with Crippen LogP contribution in [0.5, 0.6) is 0 Å². The van der Waals surface area contributed by atoms with Crippen LogP contribution in [0, 0.1) is 0 Å². The van der Waals surface area contributed by atoms with E-state index in [0.717, 1.165) is 27.5 Å². The molecule has 0 atom stereocenters. The Kier molecular flexibility index (Phi) is 4.29. The highest BCUT2D eigenvalue weighted by Gasteiger charge is 2.12. The molecule has 0 aliphatic carbocycles. The van der Waals surface area contributed by atoms with Gasteiger partial charge in [0.2, 0.25) is 0 Å². The van der Waals surface area contributed by atoms with Crippen LogP contribution in [-0.2, 0) is 0 Å². The Morgan fingerprint density at radius 1 is 0.351 bits per heavy atom. The molecule has 1 heterocycles. The summed E-state index contributed by atoms with van der Waals surface area (Å²) in [4.78, 5) is 0. The van der Waals surface area contributed by atoms with Crippen molar-refractivity contribution in [2.75, 3.05) is 0 Å². The molecule has 0 saturated carbocycles. The zero-order valence-electron chi connectivity index (χ0n) is 20.1. The molecule has 172 valence electrons. The molecule has 8 aromatic rings. The molecule has 0 fully saturated rings. The highest BCUT2D eigenvalue weighted by atomic mass is 16.3. The van der Waals surface area contributed by atoms with E-state index in [1.54, 1.807) is 0 Å². The lowest BCUT2D eigenvalue weighted by atomic mass is 9.90. The number of benzene rings is 7. The molecule has 1 nitrogen and oxygen atoms in total. The summed E-state index contributed by atoms with van der Waals surface area (Å²) >= 11 is 0. The lowest BCUT2D eigenvalue weighted by molar-refractivity contribution is 0.669. The third-order valence-corrected chi connectivity index (χ3v) is 7.66. The van der Waals surface area contributed by atoms with E-state index in [0.29, 0.717) is 0 Å². The summed E-state index contributed by atoms with van der Waals surface area (Å²) in [5.74, 6) is 0. The second-order valence-corrected chi connectivity index (χ2v) is 9.74. The van der Waals surface area contributed by atoms with Crippen LogP contribution >= 0.6 is 0 Å². The quantitative estimate of drug-likeness (QED) is 0.229. The first-order valence-corrected chi connectivity index (χ1v) is 12.7. The van der Waals surface area contributed by atoms with Gasteiger partial charge in [0.1, 0.15) is 11.2 Å². The molecule has 8 rings (SSSR count). The number of hydrogen-bond donors (Lipinski definition) is 0. The fourth-order valence-corrected chi connectivity index (χ4v) is 5.87. The van der Waals surface area contributed by atoms with Gasteiger partial charge >= 0.3 is 0 Å². The normalized spacial score (nSPS) is 11.8. The highest BCUT2D eigenvalue weighted by molar-refractivity contribution is 6.23. The van der Waals surface area contributed by atoms with Crippen molar-refractivity contribution in [2.45, 2.75) is 0 Å². The predicted octanol–water partition coefficient (Wildman–Crippen LogP) is 10.4. The molecule has 0 N–H and O–H groups in total. The third kappa shape index (κ3) is 3.11. The number of furan rings is 1. The Labute approximate surface area is 214 Å². The summed E-state index contributed by atoms with van der Waals surface area (Å²) < 4.78 is 6.13. The molecule has 1 aromatic heterocycles. The smallest absolute Gasteiger partial charge is 0.136 e. The average Bonchev–Trinajstić information content (AvgIpc) is 3.34. The molecule has 0 unspecified atom stereocenters. The first-order chi connectivity index (χ1) is 18.3. The van der Waals surface area contributed by atoms with Gasteiger partial charge in [-0.2, -0.15) is 0 Å². The largest absolute Gasteiger partial charge is 0.456 e. The van der Waals surface area contributed by atoms with Gasteiger partial charge in [-0.15, -0.1) is 0 Å². The fraction of sp³-hybridized carbons (Fsp3) is 0. The van der Waals surface area contributed by atoms with Crippen LogP contribution in [0.15, 0.2) is 138 Å². The van der Waals surface area contributed by atoms with Crippen molar-refractivity contribution in [3.8, 4) is 22.3 Å². The maximum atomic E-state index is 6.13. The molecule has 0 bridgehead atoms. The molecule has 0 radical (unpaired) electrons. The minimum atomic E-state index is 0.926. The second kappa shape index (κ2) is 7.81. The lowest BCUT2D eigenvalue weighted by Gasteiger charge is -2.13. The Morgan fingerprint density at radius 2 is 0.973 bits per heavy atom. The Hall–Kier alpha value is -4.88. The minimum absolute atomic E-state index is 0.926. The standard InChI is InChI=1S/C36H22O/c1-2-8-28-24(7-1)17-18-27-21-33(29-9-3-4-11-32(29)36(27)28)25-15-13-23(14-16-25)26-19-20-31-30-10-5-6-12-34(30)37-35(31)22-26/h1-22H. The van der Waals surface area contributed by atoms with Crippen LogP contribution in [0.1, 0.15) is 0 Å². The van der Waals surface area contributed by atoms with Gasteiger partial charge in [-0.1, -0.05) is 109 Å². The van der Waals surface area contributed by atoms with Gasteiger partial charge in [-0.3, -0.25) is 0 Å². The molecule has 1 heteroatoms. The topological polar surface area (TPSA) is 13.1 Å². The second-order valence-electron chi connectivity index (χ2n) is 9.74. The summed E-state index contributed by atoms with van der Waals surface area (Å²) in [6.07, 6.45) is 0. The van der Waals surface area contributed by atoms with E-state index in [9.17, 15) is 0 Å². The van der Waals surface area contributed by atoms with E-state index in [1.165, 1.54) is 49.0 Å². The fourth-order valence-electron chi connectivity index (χ4n) is 5.87. The number of para-hydroxylation sites is 1. The van der Waals surface area contributed by atoms with Crippen LogP contribution in [0.2, 0.25) is 0 Å². The van der Waals surface area contributed by atoms with Crippen molar-refractivity contribution in [3.05, 3.63) is 133 Å². The van der Waals surface area contributed by atoms with Gasteiger partial charge in [0.15, 0.2) is 0 Å². The summed E-state index contributed by atoms with van der Waals surface area (Å²) in [6.45, 7) is 0. The maximum absolute atomic E-state index is 6.13. The lowest BCUT2D eigenvalue weighted by Crippen LogP contribution is -1.86. The van der Waals surface area contributed by atoms with E-state index < -0.39 is 0 Å². The monoisotopic (exact) mass is 470 g/mol. The predicted molar refractivity (Wildman–Crippen MR) is 157 cm³/mol. The minimum Gasteiger partial charge on any atom is -0.456 e. The van der Waals surface area contributed by atoms with E-state index >= 15 is 0 Å². The van der Waals surface area contributed by atoms with Crippen molar-refractivity contribution in [1.82, 2.24) is 0 Å². The van der Waals surface area contributed by atoms with Crippen LogP contribution in [0.3, 0.4) is 0 Å². The average molecular weight is 471 g/mol. The Morgan fingerprint density at radius 3 is 1.84 bits per heavy atom. The molecule has 37 heavy (non-hydrogen) atoms. The first-order valence-electron chi connectivity index (χ1n) is 12.7. The molecule has 0 saturated heterocycles. The van der Waals surface area contributed by atoms with Crippen LogP contribution in [0.4, 0.5) is 0 Å². The van der Waals surface area contributed by atoms with E-state index in [4.69, 9.17) is 4.42 Å². The van der Waals surface area contributed by atoms with Gasteiger partial charge in [0.25, 0.3) is 0 Å². The summed E-state index contributed by atoms with van der Waals surface area (Å²) in [6, 6.07) is 47.9. The molecular formula is C36H22O. The van der Waals surface area contributed by atoms with Crippen molar-refractivity contribution in [1.29, 1.82) is 0 Å². The van der Waals surface area contributed by atoms with E-state index in [-0.39, 0.29) is 0 Å². The van der Waals surface area contributed by atoms with E-state index in [2.05, 4.69) is 121 Å². The van der Waals surface area contributed by atoms with Gasteiger partial charge in [0.05, 0.1) is 0 Å². The van der Waals surface area contributed by atoms with Crippen LogP contribution in [-0.4, -0.2) is 0 Å². The molecule has 0 amide bonds. The van der Waals surface area contributed by atoms with Gasteiger partial charge in [-0.25, -0.2) is 0 Å². The first kappa shape index (κ1) is 20.3. The molecule has 7 aromatic carbocycles. The van der Waals surface area contributed by atoms with Gasteiger partial charge in [-0.05, 0) is 78.8 Å². The Bertz CT molecular complexity index is 2130. The van der Waals surface area contributed by atoms with Crippen LogP contribution in [0.25, 0.3) is 76.5 Å². The van der Waals surface area contributed by atoms with Crippen molar-refractivity contribution < 1.29 is 4.42 Å². The van der Waals surface area contributed by atoms with Crippen LogP contribution < -0.4 is 0 Å². The highest BCUT2D eigenvalue weighted by Crippen LogP contribution is 2.39. The molecule has 0 spiro atoms. The van der Waals surface area contributed by atoms with E-state index in [1.807, 2.05) is 12.1 Å². The third-order valence-electron chi connectivity index (χ3n) is 7.66. The summed E-state index contributed by atoms with van der Waals surface area (Å²) in [5.41, 5.74) is 6.68. The zero-order chi connectivity index (χ0) is 24.3. The summed E-state index contributed by atoms with van der Waals surface area (Å²) in [5, 5.41) is 10.1. The Balaban J connectivity index is 1.27. The van der Waals surface area contributed by atoms with Crippen molar-refractivity contribution in [2.24, 2.45) is 0 Å². The zero-order valence-corrected chi connectivity index (χ0v) is 20.1. The number of rotatable bonds is 2. The summed E-state index contributed by atoms with van der Waals surface area (Å²) in [7, 11) is 0. The number of hydrogen-bond acceptors (Lipinski definition) is 1. The number of fused-ring (bicyclic) bond motifs is 8. The van der Waals surface area contributed by atoms with Gasteiger partial charge < -0.3 is 4.42 Å². The SMILES string of the molecule is c1ccc2c(c1)ccc1cc(-c3ccc(-c4ccc5c(c4)oc4ccccc45)cc3)c3ccccc3c12. The molecular weight excluding hydrogens is 448 g/mol. The molecule has 0 aliphatic heterocycles. The van der Waals surface area contributed by atoms with Gasteiger partial charge in [0, 0.05) is 10.8 Å². The molecule has 0 aliphatic rings. The maximum Gasteiger partial charge on any atom is 0.136 e. The van der Waals surface area contributed by atoms with Crippen molar-refractivity contribution >= 4 is 54.3 Å².